The summed E-state index contributed by atoms with van der Waals surface area (Å²) < 4.78 is 0. The van der Waals surface area contributed by atoms with E-state index in [-0.39, 0.29) is 18.6 Å². The van der Waals surface area contributed by atoms with Crippen LogP contribution in [0.3, 0.4) is 0 Å². The summed E-state index contributed by atoms with van der Waals surface area (Å²) in [6, 6.07) is 13.1. The van der Waals surface area contributed by atoms with Crippen molar-refractivity contribution in [3.63, 3.8) is 0 Å². The lowest BCUT2D eigenvalue weighted by Crippen LogP contribution is -2.62. The maximum atomic E-state index is 13.2. The van der Waals surface area contributed by atoms with Gasteiger partial charge in [-0.2, -0.15) is 0 Å². The molecule has 5 amide bonds. The summed E-state index contributed by atoms with van der Waals surface area (Å²) in [6.07, 6.45) is 0.230. The highest BCUT2D eigenvalue weighted by Crippen LogP contribution is 2.13. The van der Waals surface area contributed by atoms with Crippen LogP contribution in [0.15, 0.2) is 54.6 Å². The predicted octanol–water partition coefficient (Wildman–Crippen LogP) is -0.712. The molecular formula is C26H31N5O6. The van der Waals surface area contributed by atoms with Crippen LogP contribution in [0.25, 0.3) is 0 Å². The fourth-order valence-electron chi connectivity index (χ4n) is 3.70. The zero-order valence-corrected chi connectivity index (χ0v) is 20.7. The van der Waals surface area contributed by atoms with E-state index in [0.29, 0.717) is 5.56 Å². The highest BCUT2D eigenvalue weighted by Gasteiger charge is 2.35. The van der Waals surface area contributed by atoms with Crippen molar-refractivity contribution in [2.45, 2.75) is 44.3 Å². The molecule has 0 saturated carbocycles. The molecule has 0 aliphatic carbocycles. The van der Waals surface area contributed by atoms with Crippen molar-refractivity contribution in [2.75, 3.05) is 13.1 Å². The minimum absolute atomic E-state index is 0.0491. The molecule has 1 aliphatic rings. The van der Waals surface area contributed by atoms with Crippen LogP contribution in [0.1, 0.15) is 25.0 Å². The molecule has 2 atom stereocenters. The predicted molar refractivity (Wildman–Crippen MR) is 134 cm³/mol. The molecule has 0 spiro atoms. The third kappa shape index (κ3) is 8.06. The van der Waals surface area contributed by atoms with Gasteiger partial charge in [0, 0.05) is 12.8 Å². The van der Waals surface area contributed by atoms with Gasteiger partial charge in [0.15, 0.2) is 0 Å². The Balaban J connectivity index is 1.86. The van der Waals surface area contributed by atoms with Gasteiger partial charge in [-0.05, 0) is 37.1 Å². The van der Waals surface area contributed by atoms with Crippen molar-refractivity contribution in [3.05, 3.63) is 65.7 Å². The van der Waals surface area contributed by atoms with Crippen LogP contribution in [0.5, 0.6) is 5.75 Å². The van der Waals surface area contributed by atoms with Crippen molar-refractivity contribution >= 4 is 29.5 Å². The zero-order valence-electron chi connectivity index (χ0n) is 20.7. The molecule has 0 radical (unpaired) electrons. The van der Waals surface area contributed by atoms with Gasteiger partial charge in [-0.15, -0.1) is 0 Å². The summed E-state index contributed by atoms with van der Waals surface area (Å²) in [7, 11) is 0. The number of hydrogen-bond donors (Lipinski definition) is 6. The van der Waals surface area contributed by atoms with Crippen molar-refractivity contribution in [3.8, 4) is 5.75 Å². The Morgan fingerprint density at radius 3 is 1.95 bits per heavy atom. The molecule has 196 valence electrons. The first kappa shape index (κ1) is 27.2. The highest BCUT2D eigenvalue weighted by molar-refractivity contribution is 5.97. The first-order chi connectivity index (χ1) is 17.5. The van der Waals surface area contributed by atoms with Crippen LogP contribution in [-0.2, 0) is 36.8 Å². The van der Waals surface area contributed by atoms with Crippen LogP contribution in [0, 0.1) is 0 Å². The Labute approximate surface area is 214 Å². The Bertz CT molecular complexity index is 1150. The zero-order chi connectivity index (χ0) is 27.0. The SMILES string of the molecule is CC1(C)NC(=O)[C@H](Cc2ccc(O)cc2)NC(=O)CNC(=O)CNC(=O)[C@H](Cc2ccccc2)NC1=O. The Hall–Kier alpha value is -4.41. The van der Waals surface area contributed by atoms with E-state index in [1.54, 1.807) is 36.4 Å². The van der Waals surface area contributed by atoms with E-state index in [0.717, 1.165) is 5.56 Å². The first-order valence-electron chi connectivity index (χ1n) is 11.8. The smallest absolute Gasteiger partial charge is 0.245 e. The van der Waals surface area contributed by atoms with Gasteiger partial charge >= 0.3 is 0 Å². The minimum atomic E-state index is -1.45. The number of aromatic hydroxyl groups is 1. The number of carbonyl (C=O) groups is 5. The van der Waals surface area contributed by atoms with Crippen LogP contribution in [-0.4, -0.2) is 65.4 Å². The van der Waals surface area contributed by atoms with Gasteiger partial charge in [-0.25, -0.2) is 0 Å². The third-order valence-electron chi connectivity index (χ3n) is 5.80. The van der Waals surface area contributed by atoms with Crippen LogP contribution < -0.4 is 26.6 Å². The summed E-state index contributed by atoms with van der Waals surface area (Å²) in [4.78, 5) is 64.0. The van der Waals surface area contributed by atoms with Crippen LogP contribution >= 0.6 is 0 Å². The lowest BCUT2D eigenvalue weighted by atomic mass is 9.99. The van der Waals surface area contributed by atoms with Gasteiger partial charge < -0.3 is 31.7 Å². The lowest BCUT2D eigenvalue weighted by molar-refractivity contribution is -0.136. The molecule has 3 rings (SSSR count). The summed E-state index contributed by atoms with van der Waals surface area (Å²) in [6.45, 7) is 2.16. The molecule has 11 heteroatoms. The molecule has 0 bridgehead atoms. The first-order valence-corrected chi connectivity index (χ1v) is 11.8. The number of carbonyl (C=O) groups excluding carboxylic acids is 5. The number of hydrogen-bond acceptors (Lipinski definition) is 6. The Morgan fingerprint density at radius 1 is 0.730 bits per heavy atom. The van der Waals surface area contributed by atoms with E-state index in [1.807, 2.05) is 6.07 Å². The minimum Gasteiger partial charge on any atom is -0.508 e. The largest absolute Gasteiger partial charge is 0.508 e. The average Bonchev–Trinajstić information content (AvgIpc) is 2.86. The highest BCUT2D eigenvalue weighted by atomic mass is 16.3. The molecule has 6 N–H and O–H groups in total. The molecule has 11 nitrogen and oxygen atoms in total. The van der Waals surface area contributed by atoms with Crippen LogP contribution in [0.4, 0.5) is 0 Å². The van der Waals surface area contributed by atoms with E-state index < -0.39 is 60.2 Å². The molecule has 2 aromatic rings. The van der Waals surface area contributed by atoms with Gasteiger partial charge in [-0.3, -0.25) is 24.0 Å². The van der Waals surface area contributed by atoms with E-state index in [1.165, 1.54) is 26.0 Å². The van der Waals surface area contributed by atoms with Gasteiger partial charge in [0.2, 0.25) is 29.5 Å². The fraction of sp³-hybridized carbons (Fsp3) is 0.346. The molecule has 37 heavy (non-hydrogen) atoms. The summed E-state index contributed by atoms with van der Waals surface area (Å²) >= 11 is 0. The Kier molecular flexibility index (Phi) is 8.83. The van der Waals surface area contributed by atoms with Gasteiger partial charge in [0.25, 0.3) is 0 Å². The van der Waals surface area contributed by atoms with Crippen LogP contribution in [0.2, 0.25) is 0 Å². The van der Waals surface area contributed by atoms with Crippen molar-refractivity contribution < 1.29 is 29.1 Å². The maximum absolute atomic E-state index is 13.2. The molecule has 0 unspecified atom stereocenters. The number of nitrogens with one attached hydrogen (secondary N) is 5. The molecule has 1 aliphatic heterocycles. The standard InChI is InChI=1S/C26H31N5O6/c1-26(2)25(37)30-19(12-16-6-4-3-5-7-16)23(35)28-14-21(33)27-15-22(34)29-20(24(36)31-26)13-17-8-10-18(32)11-9-17/h3-11,19-20,32H,12-15H2,1-2H3,(H,27,33)(H,28,35)(H,29,34)(H,30,37)(H,31,36)/t19-,20-/m0/s1. The number of phenolic OH excluding ortho intramolecular Hbond substituents is 1. The maximum Gasteiger partial charge on any atom is 0.245 e. The van der Waals surface area contributed by atoms with Gasteiger partial charge in [0.1, 0.15) is 23.4 Å². The monoisotopic (exact) mass is 509 g/mol. The molecule has 0 aromatic heterocycles. The molecule has 2 aromatic carbocycles. The van der Waals surface area contributed by atoms with Crippen molar-refractivity contribution in [2.24, 2.45) is 0 Å². The van der Waals surface area contributed by atoms with Gasteiger partial charge in [-0.1, -0.05) is 42.5 Å². The third-order valence-corrected chi connectivity index (χ3v) is 5.80. The van der Waals surface area contributed by atoms with Crippen molar-refractivity contribution in [1.29, 1.82) is 0 Å². The molecule has 1 saturated heterocycles. The molecule has 1 heterocycles. The van der Waals surface area contributed by atoms with E-state index in [9.17, 15) is 29.1 Å². The second-order valence-electron chi connectivity index (χ2n) is 9.32. The lowest BCUT2D eigenvalue weighted by Gasteiger charge is -2.30. The van der Waals surface area contributed by atoms with E-state index in [4.69, 9.17) is 0 Å². The van der Waals surface area contributed by atoms with E-state index in [2.05, 4.69) is 26.6 Å². The number of benzene rings is 2. The number of phenols is 1. The quantitative estimate of drug-likeness (QED) is 0.319. The Morgan fingerprint density at radius 2 is 1.30 bits per heavy atom. The second kappa shape index (κ2) is 12.0. The molecular weight excluding hydrogens is 478 g/mol. The van der Waals surface area contributed by atoms with E-state index >= 15 is 0 Å². The molecule has 1 fully saturated rings. The van der Waals surface area contributed by atoms with Crippen molar-refractivity contribution in [1.82, 2.24) is 26.6 Å². The number of rotatable bonds is 4. The number of amides is 5. The summed E-state index contributed by atoms with van der Waals surface area (Å²) in [5, 5.41) is 22.3. The topological polar surface area (TPSA) is 166 Å². The summed E-state index contributed by atoms with van der Waals surface area (Å²) in [5.41, 5.74) is -0.00512. The average molecular weight is 510 g/mol. The second-order valence-corrected chi connectivity index (χ2v) is 9.32. The normalized spacial score (nSPS) is 21.3. The summed E-state index contributed by atoms with van der Waals surface area (Å²) in [5.74, 6) is -3.02. The fourth-order valence-corrected chi connectivity index (χ4v) is 3.70. The van der Waals surface area contributed by atoms with Gasteiger partial charge in [0.05, 0.1) is 13.1 Å².